The molecule has 4 N–H and O–H groups in total. The minimum atomic E-state index is -0.984. The van der Waals surface area contributed by atoms with Gasteiger partial charge in [-0.05, 0) is 17.9 Å². The van der Waals surface area contributed by atoms with Gasteiger partial charge < -0.3 is 25.6 Å². The van der Waals surface area contributed by atoms with Gasteiger partial charge in [-0.1, -0.05) is 48.2 Å². The number of nitrogens with one attached hydrogen (secondary N) is 2. The lowest BCUT2D eigenvalue weighted by atomic mass is 9.81. The lowest BCUT2D eigenvalue weighted by Gasteiger charge is -2.37. The number of aliphatic hydroxyl groups excluding tert-OH is 2. The molecular formula is C21H25N3O4S. The summed E-state index contributed by atoms with van der Waals surface area (Å²) in [7, 11) is 1.58. The van der Waals surface area contributed by atoms with Crippen molar-refractivity contribution in [3.05, 3.63) is 42.5 Å². The van der Waals surface area contributed by atoms with E-state index in [9.17, 15) is 15.0 Å². The van der Waals surface area contributed by atoms with Crippen LogP contribution in [0.1, 0.15) is 6.42 Å². The number of thioether (sulfide) groups is 1. The van der Waals surface area contributed by atoms with Crippen molar-refractivity contribution >= 4 is 39.3 Å². The van der Waals surface area contributed by atoms with Crippen molar-refractivity contribution in [3.8, 4) is 0 Å². The number of hydrogen-bond donors (Lipinski definition) is 4. The van der Waals surface area contributed by atoms with Gasteiger partial charge in [-0.15, -0.1) is 0 Å². The van der Waals surface area contributed by atoms with Gasteiger partial charge in [0.05, 0.1) is 24.7 Å². The number of carbonyl (C=O) groups is 1. The molecule has 1 fully saturated rings. The molecule has 154 valence electrons. The van der Waals surface area contributed by atoms with E-state index in [4.69, 9.17) is 4.74 Å². The summed E-state index contributed by atoms with van der Waals surface area (Å²) in [6.07, 6.45) is -1.75. The first-order valence-corrected chi connectivity index (χ1v) is 10.6. The zero-order valence-electron chi connectivity index (χ0n) is 16.1. The molecule has 7 nitrogen and oxygen atoms in total. The van der Waals surface area contributed by atoms with Crippen molar-refractivity contribution in [1.29, 1.82) is 0 Å². The van der Waals surface area contributed by atoms with Gasteiger partial charge in [0.2, 0.25) is 5.91 Å². The number of aliphatic hydroxyl groups is 2. The van der Waals surface area contributed by atoms with E-state index >= 15 is 0 Å². The summed E-state index contributed by atoms with van der Waals surface area (Å²) < 4.78 is 4.98. The van der Waals surface area contributed by atoms with Crippen LogP contribution >= 0.6 is 11.8 Å². The van der Waals surface area contributed by atoms with Crippen molar-refractivity contribution in [3.63, 3.8) is 0 Å². The van der Waals surface area contributed by atoms with Crippen LogP contribution in [0.3, 0.4) is 0 Å². The molecule has 8 heteroatoms. The number of aliphatic imine (C=N–C) groups is 1. The number of hydrogen-bond acceptors (Lipinski definition) is 7. The van der Waals surface area contributed by atoms with Crippen LogP contribution in [-0.4, -0.2) is 65.0 Å². The quantitative estimate of drug-likeness (QED) is 0.553. The monoisotopic (exact) mass is 415 g/mol. The van der Waals surface area contributed by atoms with E-state index < -0.39 is 24.2 Å². The number of benzene rings is 2. The van der Waals surface area contributed by atoms with Crippen molar-refractivity contribution in [2.24, 2.45) is 10.9 Å². The SMILES string of the molecule is COCCNC(=O)[C@@H]1C[C@@H](O)[C@H](O)[C@H]2N=C(Nc3cccc4ccccc34)S[C@@H]21. The van der Waals surface area contributed by atoms with E-state index in [0.29, 0.717) is 18.3 Å². The zero-order valence-corrected chi connectivity index (χ0v) is 16.9. The molecule has 1 heterocycles. The molecule has 0 saturated heterocycles. The Morgan fingerprint density at radius 3 is 2.86 bits per heavy atom. The van der Waals surface area contributed by atoms with E-state index in [1.807, 2.05) is 42.5 Å². The maximum Gasteiger partial charge on any atom is 0.224 e. The molecule has 2 aromatic rings. The molecular weight excluding hydrogens is 390 g/mol. The van der Waals surface area contributed by atoms with Crippen LogP contribution in [0.5, 0.6) is 0 Å². The number of anilines is 1. The average Bonchev–Trinajstić information content (AvgIpc) is 3.15. The van der Waals surface area contributed by atoms with Gasteiger partial charge in [-0.2, -0.15) is 0 Å². The summed E-state index contributed by atoms with van der Waals surface area (Å²) in [6.45, 7) is 0.837. The number of amidine groups is 1. The van der Waals surface area contributed by atoms with Crippen LogP contribution < -0.4 is 10.6 Å². The Balaban J connectivity index is 1.53. The standard InChI is InChI=1S/C21H25N3O4S/c1-28-10-9-22-20(27)14-11-16(25)18(26)17-19(14)29-21(24-17)23-15-8-4-6-12-5-2-3-7-13(12)15/h2-8,14,16-19,25-26H,9-11H2,1H3,(H,22,27)(H,23,24)/t14-,16-,17-,18+,19-/m1/s1. The van der Waals surface area contributed by atoms with Gasteiger partial charge in [0.15, 0.2) is 5.17 Å². The fraction of sp³-hybridized carbons (Fsp3) is 0.429. The minimum absolute atomic E-state index is 0.142. The smallest absolute Gasteiger partial charge is 0.224 e. The van der Waals surface area contributed by atoms with Crippen LogP contribution in [0.25, 0.3) is 10.8 Å². The maximum atomic E-state index is 12.7. The van der Waals surface area contributed by atoms with E-state index in [1.165, 1.54) is 11.8 Å². The lowest BCUT2D eigenvalue weighted by molar-refractivity contribution is -0.129. The number of ether oxygens (including phenoxy) is 1. The summed E-state index contributed by atoms with van der Waals surface area (Å²) in [5.41, 5.74) is 0.920. The molecule has 1 aliphatic heterocycles. The van der Waals surface area contributed by atoms with Crippen LogP contribution in [0.15, 0.2) is 47.5 Å². The van der Waals surface area contributed by atoms with Gasteiger partial charge in [0.25, 0.3) is 0 Å². The number of rotatable bonds is 5. The second kappa shape index (κ2) is 8.71. The Kier molecular flexibility index (Phi) is 6.05. The fourth-order valence-electron chi connectivity index (χ4n) is 3.97. The Labute approximate surface area is 173 Å². The Morgan fingerprint density at radius 1 is 1.24 bits per heavy atom. The number of carbonyl (C=O) groups excluding carboxylic acids is 1. The second-order valence-corrected chi connectivity index (χ2v) is 8.51. The third-order valence-electron chi connectivity index (χ3n) is 5.46. The third kappa shape index (κ3) is 4.11. The highest BCUT2D eigenvalue weighted by Crippen LogP contribution is 2.41. The molecule has 4 rings (SSSR count). The highest BCUT2D eigenvalue weighted by Gasteiger charge is 2.50. The van der Waals surface area contributed by atoms with E-state index in [1.54, 1.807) is 7.11 Å². The molecule has 0 unspecified atom stereocenters. The van der Waals surface area contributed by atoms with Gasteiger partial charge in [-0.3, -0.25) is 9.79 Å². The first-order valence-electron chi connectivity index (χ1n) is 9.70. The van der Waals surface area contributed by atoms with Crippen LogP contribution in [-0.2, 0) is 9.53 Å². The number of amides is 1. The Morgan fingerprint density at radius 2 is 2.03 bits per heavy atom. The molecule has 0 bridgehead atoms. The molecule has 2 aliphatic rings. The fourth-order valence-corrected chi connectivity index (χ4v) is 5.33. The Hall–Kier alpha value is -2.13. The second-order valence-electron chi connectivity index (χ2n) is 7.34. The average molecular weight is 416 g/mol. The third-order valence-corrected chi connectivity index (χ3v) is 6.77. The topological polar surface area (TPSA) is 103 Å². The molecule has 0 spiro atoms. The maximum absolute atomic E-state index is 12.7. The summed E-state index contributed by atoms with van der Waals surface area (Å²) in [4.78, 5) is 17.3. The summed E-state index contributed by atoms with van der Waals surface area (Å²) in [5.74, 6) is -0.576. The van der Waals surface area contributed by atoms with Gasteiger partial charge in [0.1, 0.15) is 6.10 Å². The lowest BCUT2D eigenvalue weighted by Crippen LogP contribution is -2.54. The highest BCUT2D eigenvalue weighted by atomic mass is 32.2. The number of methoxy groups -OCH3 is 1. The van der Waals surface area contributed by atoms with Crippen molar-refractivity contribution in [2.75, 3.05) is 25.6 Å². The molecule has 2 aromatic carbocycles. The molecule has 0 radical (unpaired) electrons. The van der Waals surface area contributed by atoms with Crippen molar-refractivity contribution in [2.45, 2.75) is 29.9 Å². The van der Waals surface area contributed by atoms with E-state index in [2.05, 4.69) is 15.6 Å². The highest BCUT2D eigenvalue weighted by molar-refractivity contribution is 8.15. The summed E-state index contributed by atoms with van der Waals surface area (Å²) in [6, 6.07) is 13.5. The normalized spacial score (nSPS) is 28.7. The first-order chi connectivity index (χ1) is 14.1. The predicted octanol–water partition coefficient (Wildman–Crippen LogP) is 1.60. The molecule has 29 heavy (non-hydrogen) atoms. The molecule has 1 amide bonds. The van der Waals surface area contributed by atoms with Crippen LogP contribution in [0.4, 0.5) is 5.69 Å². The van der Waals surface area contributed by atoms with E-state index in [0.717, 1.165) is 16.5 Å². The first kappa shape index (κ1) is 20.2. The largest absolute Gasteiger partial charge is 0.390 e. The predicted molar refractivity (Wildman–Crippen MR) is 115 cm³/mol. The molecule has 1 aliphatic carbocycles. The van der Waals surface area contributed by atoms with Gasteiger partial charge >= 0.3 is 0 Å². The van der Waals surface area contributed by atoms with Gasteiger partial charge in [-0.25, -0.2) is 0 Å². The molecule has 5 atom stereocenters. The van der Waals surface area contributed by atoms with Crippen molar-refractivity contribution in [1.82, 2.24) is 5.32 Å². The Bertz CT molecular complexity index is 916. The van der Waals surface area contributed by atoms with E-state index in [-0.39, 0.29) is 17.6 Å². The zero-order chi connectivity index (χ0) is 20.4. The summed E-state index contributed by atoms with van der Waals surface area (Å²) >= 11 is 1.46. The van der Waals surface area contributed by atoms with Crippen LogP contribution in [0.2, 0.25) is 0 Å². The summed E-state index contributed by atoms with van der Waals surface area (Å²) in [5, 5.41) is 29.6. The van der Waals surface area contributed by atoms with Gasteiger partial charge in [0, 0.05) is 30.0 Å². The van der Waals surface area contributed by atoms with Crippen LogP contribution in [0, 0.1) is 5.92 Å². The number of fused-ring (bicyclic) bond motifs is 2. The van der Waals surface area contributed by atoms with Crippen molar-refractivity contribution < 1.29 is 19.7 Å². The minimum Gasteiger partial charge on any atom is -0.390 e. The molecule has 1 saturated carbocycles. The molecule has 0 aromatic heterocycles. The number of nitrogens with zero attached hydrogens (tertiary/aromatic N) is 1.